The first-order valence-electron chi connectivity index (χ1n) is 7.95. The third-order valence-electron chi connectivity index (χ3n) is 3.61. The summed E-state index contributed by atoms with van der Waals surface area (Å²) in [4.78, 5) is 24.0. The van der Waals surface area contributed by atoms with Crippen molar-refractivity contribution in [2.75, 3.05) is 27.3 Å². The summed E-state index contributed by atoms with van der Waals surface area (Å²) in [6, 6.07) is 14.3. The molecule has 6 nitrogen and oxygen atoms in total. The van der Waals surface area contributed by atoms with E-state index in [4.69, 9.17) is 9.47 Å². The number of carbonyl (C=O) groups excluding carboxylic acids is 2. The Hall–Kier alpha value is -3.02. The quantitative estimate of drug-likeness (QED) is 0.717. The lowest BCUT2D eigenvalue weighted by molar-refractivity contribution is -0.120. The maximum atomic E-state index is 12.1. The van der Waals surface area contributed by atoms with Gasteiger partial charge in [0.1, 0.15) is 11.5 Å². The first-order chi connectivity index (χ1) is 12.1. The fraction of sp³-hybridized carbons (Fsp3) is 0.263. The third-order valence-corrected chi connectivity index (χ3v) is 3.61. The molecule has 0 heterocycles. The zero-order valence-electron chi connectivity index (χ0n) is 14.4. The van der Waals surface area contributed by atoms with E-state index in [9.17, 15) is 9.59 Å². The van der Waals surface area contributed by atoms with E-state index < -0.39 is 0 Å². The van der Waals surface area contributed by atoms with Crippen molar-refractivity contribution in [2.24, 2.45) is 0 Å². The predicted octanol–water partition coefficient (Wildman–Crippen LogP) is 1.79. The molecule has 0 saturated heterocycles. The van der Waals surface area contributed by atoms with E-state index in [1.54, 1.807) is 31.4 Å². The Morgan fingerprint density at radius 3 is 2.24 bits per heavy atom. The summed E-state index contributed by atoms with van der Waals surface area (Å²) >= 11 is 0. The van der Waals surface area contributed by atoms with Gasteiger partial charge in [-0.2, -0.15) is 0 Å². The zero-order chi connectivity index (χ0) is 18.1. The Kier molecular flexibility index (Phi) is 6.83. The van der Waals surface area contributed by atoms with Crippen molar-refractivity contribution in [3.05, 3.63) is 59.7 Å². The van der Waals surface area contributed by atoms with E-state index >= 15 is 0 Å². The lowest BCUT2D eigenvalue weighted by Crippen LogP contribution is -2.35. The van der Waals surface area contributed by atoms with Crippen LogP contribution in [0, 0.1) is 0 Å². The number of methoxy groups -OCH3 is 2. The van der Waals surface area contributed by atoms with Crippen molar-refractivity contribution >= 4 is 11.8 Å². The molecule has 0 aliphatic heterocycles. The maximum absolute atomic E-state index is 12.1. The van der Waals surface area contributed by atoms with Crippen molar-refractivity contribution in [1.29, 1.82) is 0 Å². The minimum absolute atomic E-state index is 0.100. The van der Waals surface area contributed by atoms with Gasteiger partial charge in [0, 0.05) is 13.1 Å². The predicted molar refractivity (Wildman–Crippen MR) is 95.0 cm³/mol. The minimum atomic E-state index is -0.234. The van der Waals surface area contributed by atoms with Gasteiger partial charge in [0.05, 0.1) is 26.2 Å². The molecule has 2 amide bonds. The van der Waals surface area contributed by atoms with Crippen molar-refractivity contribution in [1.82, 2.24) is 10.6 Å². The Labute approximate surface area is 147 Å². The molecule has 132 valence electrons. The molecule has 25 heavy (non-hydrogen) atoms. The fourth-order valence-corrected chi connectivity index (χ4v) is 2.30. The average molecular weight is 342 g/mol. The number of nitrogens with one attached hydrogen (secondary N) is 2. The lowest BCUT2D eigenvalue weighted by atomic mass is 10.1. The summed E-state index contributed by atoms with van der Waals surface area (Å²) in [5.74, 6) is 0.935. The Morgan fingerprint density at radius 2 is 1.56 bits per heavy atom. The normalized spacial score (nSPS) is 10.0. The molecule has 0 spiro atoms. The first kappa shape index (κ1) is 18.3. The van der Waals surface area contributed by atoms with Crippen LogP contribution in [0.4, 0.5) is 0 Å². The molecule has 0 aromatic heterocycles. The van der Waals surface area contributed by atoms with Gasteiger partial charge in [-0.15, -0.1) is 0 Å². The molecule has 0 bridgehead atoms. The molecule has 6 heteroatoms. The van der Waals surface area contributed by atoms with Crippen LogP contribution in [0.15, 0.2) is 48.5 Å². The molecular weight excluding hydrogens is 320 g/mol. The highest BCUT2D eigenvalue weighted by Crippen LogP contribution is 2.16. The Bertz CT molecular complexity index is 714. The zero-order valence-corrected chi connectivity index (χ0v) is 14.4. The van der Waals surface area contributed by atoms with Gasteiger partial charge in [-0.25, -0.2) is 0 Å². The second-order valence-corrected chi connectivity index (χ2v) is 5.33. The SMILES string of the molecule is COc1ccc(CC(=O)NCCNC(=O)c2ccccc2OC)cc1. The second kappa shape index (κ2) is 9.32. The van der Waals surface area contributed by atoms with Gasteiger partial charge in [-0.1, -0.05) is 24.3 Å². The molecule has 2 N–H and O–H groups in total. The Balaban J connectivity index is 1.73. The molecule has 2 rings (SSSR count). The van der Waals surface area contributed by atoms with E-state index in [0.717, 1.165) is 11.3 Å². The van der Waals surface area contributed by atoms with E-state index in [1.165, 1.54) is 7.11 Å². The number of hydrogen-bond acceptors (Lipinski definition) is 4. The van der Waals surface area contributed by atoms with Gasteiger partial charge < -0.3 is 20.1 Å². The maximum Gasteiger partial charge on any atom is 0.255 e. The average Bonchev–Trinajstić information content (AvgIpc) is 2.65. The van der Waals surface area contributed by atoms with E-state index in [0.29, 0.717) is 24.4 Å². The van der Waals surface area contributed by atoms with Crippen LogP contribution < -0.4 is 20.1 Å². The molecule has 2 aromatic rings. The minimum Gasteiger partial charge on any atom is -0.497 e. The van der Waals surface area contributed by atoms with Crippen LogP contribution in [0.2, 0.25) is 0 Å². The smallest absolute Gasteiger partial charge is 0.255 e. The van der Waals surface area contributed by atoms with E-state index in [1.807, 2.05) is 24.3 Å². The molecule has 0 unspecified atom stereocenters. The van der Waals surface area contributed by atoms with Crippen LogP contribution in [-0.2, 0) is 11.2 Å². The summed E-state index contributed by atoms with van der Waals surface area (Å²) in [5.41, 5.74) is 1.37. The van der Waals surface area contributed by atoms with E-state index in [-0.39, 0.29) is 18.2 Å². The van der Waals surface area contributed by atoms with Crippen molar-refractivity contribution < 1.29 is 19.1 Å². The van der Waals surface area contributed by atoms with Gasteiger partial charge in [-0.3, -0.25) is 9.59 Å². The van der Waals surface area contributed by atoms with Crippen LogP contribution in [0.1, 0.15) is 15.9 Å². The fourth-order valence-electron chi connectivity index (χ4n) is 2.30. The summed E-state index contributed by atoms with van der Waals surface area (Å²) in [7, 11) is 3.12. The van der Waals surface area contributed by atoms with Crippen molar-refractivity contribution in [3.63, 3.8) is 0 Å². The molecule has 0 fully saturated rings. The first-order valence-corrected chi connectivity index (χ1v) is 7.95. The number of hydrogen-bond donors (Lipinski definition) is 2. The molecule has 0 aliphatic carbocycles. The third kappa shape index (κ3) is 5.53. The van der Waals surface area contributed by atoms with Gasteiger partial charge >= 0.3 is 0 Å². The number of ether oxygens (including phenoxy) is 2. The number of benzene rings is 2. The van der Waals surface area contributed by atoms with Gasteiger partial charge in [0.15, 0.2) is 0 Å². The van der Waals surface area contributed by atoms with Gasteiger partial charge in [0.25, 0.3) is 5.91 Å². The summed E-state index contributed by atoms with van der Waals surface area (Å²) in [6.07, 6.45) is 0.282. The highest BCUT2D eigenvalue weighted by Gasteiger charge is 2.10. The Morgan fingerprint density at radius 1 is 0.880 bits per heavy atom. The second-order valence-electron chi connectivity index (χ2n) is 5.33. The summed E-state index contributed by atoms with van der Waals surface area (Å²) in [5, 5.41) is 5.54. The number of carbonyl (C=O) groups is 2. The standard InChI is InChI=1S/C19H22N2O4/c1-24-15-9-7-14(8-10-15)13-18(22)20-11-12-21-19(23)16-5-3-4-6-17(16)25-2/h3-10H,11-13H2,1-2H3,(H,20,22)(H,21,23). The molecule has 0 atom stereocenters. The number of amides is 2. The highest BCUT2D eigenvalue weighted by molar-refractivity contribution is 5.96. The van der Waals surface area contributed by atoms with Crippen LogP contribution in [0.3, 0.4) is 0 Å². The van der Waals surface area contributed by atoms with Gasteiger partial charge in [-0.05, 0) is 29.8 Å². The topological polar surface area (TPSA) is 76.7 Å². The number of rotatable bonds is 8. The summed E-state index contributed by atoms with van der Waals surface area (Å²) < 4.78 is 10.2. The summed E-state index contributed by atoms with van der Waals surface area (Å²) in [6.45, 7) is 0.696. The highest BCUT2D eigenvalue weighted by atomic mass is 16.5. The van der Waals surface area contributed by atoms with E-state index in [2.05, 4.69) is 10.6 Å². The largest absolute Gasteiger partial charge is 0.497 e. The molecule has 2 aromatic carbocycles. The molecule has 0 radical (unpaired) electrons. The molecular formula is C19H22N2O4. The van der Waals surface area contributed by atoms with Crippen LogP contribution in [-0.4, -0.2) is 39.1 Å². The number of para-hydroxylation sites is 1. The van der Waals surface area contributed by atoms with Crippen molar-refractivity contribution in [3.8, 4) is 11.5 Å². The lowest BCUT2D eigenvalue weighted by Gasteiger charge is -2.10. The molecule has 0 saturated carbocycles. The van der Waals surface area contributed by atoms with Crippen LogP contribution in [0.5, 0.6) is 11.5 Å². The monoisotopic (exact) mass is 342 g/mol. The van der Waals surface area contributed by atoms with Crippen LogP contribution in [0.25, 0.3) is 0 Å². The van der Waals surface area contributed by atoms with Crippen molar-refractivity contribution in [2.45, 2.75) is 6.42 Å². The van der Waals surface area contributed by atoms with Crippen LogP contribution >= 0.6 is 0 Å². The molecule has 0 aliphatic rings. The van der Waals surface area contributed by atoms with Gasteiger partial charge in [0.2, 0.25) is 5.91 Å².